The summed E-state index contributed by atoms with van der Waals surface area (Å²) in [6, 6.07) is 8.15. The molecular formula is C14H19N. The fourth-order valence-electron chi connectivity index (χ4n) is 1.37. The van der Waals surface area contributed by atoms with Gasteiger partial charge in [-0.05, 0) is 24.5 Å². The highest BCUT2D eigenvalue weighted by Gasteiger charge is 1.97. The molecule has 1 heteroatoms. The second-order valence-electron chi connectivity index (χ2n) is 4.07. The molecule has 0 atom stereocenters. The van der Waals surface area contributed by atoms with Gasteiger partial charge in [-0.25, -0.2) is 0 Å². The summed E-state index contributed by atoms with van der Waals surface area (Å²) in [5.74, 6) is 0.561. The van der Waals surface area contributed by atoms with E-state index in [1.807, 2.05) is 30.4 Å². The van der Waals surface area contributed by atoms with E-state index in [1.54, 1.807) is 0 Å². The van der Waals surface area contributed by atoms with Crippen LogP contribution in [0.15, 0.2) is 42.5 Å². The fraction of sp³-hybridized carbons (Fsp3) is 0.286. The number of allylic oxidation sites excluding steroid dienone is 3. The molecule has 0 saturated heterocycles. The summed E-state index contributed by atoms with van der Waals surface area (Å²) >= 11 is 0. The number of benzene rings is 1. The van der Waals surface area contributed by atoms with Gasteiger partial charge >= 0.3 is 0 Å². The molecule has 1 nitrogen and oxygen atoms in total. The Morgan fingerprint density at radius 2 is 1.93 bits per heavy atom. The summed E-state index contributed by atoms with van der Waals surface area (Å²) in [7, 11) is 0. The highest BCUT2D eigenvalue weighted by molar-refractivity contribution is 5.66. The zero-order valence-electron chi connectivity index (χ0n) is 9.70. The standard InChI is InChI=1S/C14H19N/c1-11(2)7-6-10-14(15)13-9-5-4-8-12(13)3/h4-11H,15H2,1-3H3/b7-6-,14-10-. The van der Waals surface area contributed by atoms with Crippen molar-refractivity contribution in [2.45, 2.75) is 20.8 Å². The van der Waals surface area contributed by atoms with Crippen molar-refractivity contribution in [2.75, 3.05) is 0 Å². The molecule has 1 rings (SSSR count). The van der Waals surface area contributed by atoms with E-state index < -0.39 is 0 Å². The maximum Gasteiger partial charge on any atom is 0.0390 e. The number of hydrogen-bond acceptors (Lipinski definition) is 1. The fourth-order valence-corrected chi connectivity index (χ4v) is 1.37. The van der Waals surface area contributed by atoms with Crippen molar-refractivity contribution in [3.05, 3.63) is 53.6 Å². The van der Waals surface area contributed by atoms with E-state index in [-0.39, 0.29) is 0 Å². The van der Waals surface area contributed by atoms with E-state index in [1.165, 1.54) is 5.56 Å². The van der Waals surface area contributed by atoms with Gasteiger partial charge in [0.25, 0.3) is 0 Å². The van der Waals surface area contributed by atoms with Gasteiger partial charge in [0.15, 0.2) is 0 Å². The van der Waals surface area contributed by atoms with Crippen LogP contribution in [0.4, 0.5) is 0 Å². The maximum absolute atomic E-state index is 5.99. The van der Waals surface area contributed by atoms with Crippen molar-refractivity contribution in [1.29, 1.82) is 0 Å². The van der Waals surface area contributed by atoms with Crippen molar-refractivity contribution >= 4 is 5.70 Å². The highest BCUT2D eigenvalue weighted by Crippen LogP contribution is 2.13. The quantitative estimate of drug-likeness (QED) is 0.744. The topological polar surface area (TPSA) is 26.0 Å². The van der Waals surface area contributed by atoms with Crippen LogP contribution in [0, 0.1) is 12.8 Å². The summed E-state index contributed by atoms with van der Waals surface area (Å²) in [5, 5.41) is 0. The van der Waals surface area contributed by atoms with Gasteiger partial charge in [0.05, 0.1) is 0 Å². The zero-order valence-corrected chi connectivity index (χ0v) is 9.70. The van der Waals surface area contributed by atoms with Crippen LogP contribution in [0.25, 0.3) is 5.70 Å². The monoisotopic (exact) mass is 201 g/mol. The van der Waals surface area contributed by atoms with Crippen LogP contribution in [-0.2, 0) is 0 Å². The molecule has 0 aliphatic rings. The lowest BCUT2D eigenvalue weighted by Crippen LogP contribution is -1.97. The second kappa shape index (κ2) is 5.40. The Kier molecular flexibility index (Phi) is 4.17. The van der Waals surface area contributed by atoms with Crippen molar-refractivity contribution < 1.29 is 0 Å². The molecule has 0 aromatic heterocycles. The third kappa shape index (κ3) is 3.62. The third-order valence-corrected chi connectivity index (χ3v) is 2.23. The molecule has 2 N–H and O–H groups in total. The van der Waals surface area contributed by atoms with Crippen LogP contribution in [0.2, 0.25) is 0 Å². The molecule has 15 heavy (non-hydrogen) atoms. The summed E-state index contributed by atoms with van der Waals surface area (Å²) in [6.45, 7) is 6.37. The molecule has 0 amide bonds. The Morgan fingerprint density at radius 1 is 1.27 bits per heavy atom. The summed E-state index contributed by atoms with van der Waals surface area (Å²) in [4.78, 5) is 0. The van der Waals surface area contributed by atoms with E-state index in [9.17, 15) is 0 Å². The Bertz CT molecular complexity index is 373. The van der Waals surface area contributed by atoms with Crippen LogP contribution in [0.5, 0.6) is 0 Å². The van der Waals surface area contributed by atoms with Gasteiger partial charge in [-0.15, -0.1) is 0 Å². The van der Waals surface area contributed by atoms with Gasteiger partial charge in [0, 0.05) is 11.3 Å². The molecule has 1 aromatic carbocycles. The first-order chi connectivity index (χ1) is 7.11. The molecule has 0 aliphatic heterocycles. The largest absolute Gasteiger partial charge is 0.398 e. The molecule has 0 saturated carbocycles. The van der Waals surface area contributed by atoms with Gasteiger partial charge in [-0.3, -0.25) is 0 Å². The normalized spacial score (nSPS) is 12.7. The van der Waals surface area contributed by atoms with Gasteiger partial charge < -0.3 is 5.73 Å². The predicted octanol–water partition coefficient (Wildman–Crippen LogP) is 3.51. The van der Waals surface area contributed by atoms with Crippen LogP contribution < -0.4 is 5.73 Å². The summed E-state index contributed by atoms with van der Waals surface area (Å²) in [5.41, 5.74) is 9.14. The lowest BCUT2D eigenvalue weighted by Gasteiger charge is -2.04. The minimum Gasteiger partial charge on any atom is -0.398 e. The minimum atomic E-state index is 0.561. The van der Waals surface area contributed by atoms with E-state index >= 15 is 0 Å². The van der Waals surface area contributed by atoms with E-state index in [2.05, 4.69) is 32.9 Å². The van der Waals surface area contributed by atoms with Crippen LogP contribution in [0.3, 0.4) is 0 Å². The minimum absolute atomic E-state index is 0.561. The van der Waals surface area contributed by atoms with Crippen molar-refractivity contribution in [3.8, 4) is 0 Å². The lowest BCUT2D eigenvalue weighted by molar-refractivity contribution is 0.832. The van der Waals surface area contributed by atoms with Crippen molar-refractivity contribution in [3.63, 3.8) is 0 Å². The molecular weight excluding hydrogens is 182 g/mol. The average molecular weight is 201 g/mol. The van der Waals surface area contributed by atoms with Gasteiger partial charge in [0.2, 0.25) is 0 Å². The SMILES string of the molecule is Cc1ccccc1/C(N)=C/C=C\C(C)C. The highest BCUT2D eigenvalue weighted by atomic mass is 14.6. The Balaban J connectivity index is 2.85. The van der Waals surface area contributed by atoms with Crippen LogP contribution in [-0.4, -0.2) is 0 Å². The predicted molar refractivity (Wildman–Crippen MR) is 67.3 cm³/mol. The van der Waals surface area contributed by atoms with E-state index in [4.69, 9.17) is 5.73 Å². The lowest BCUT2D eigenvalue weighted by atomic mass is 10.1. The Morgan fingerprint density at radius 3 is 2.53 bits per heavy atom. The molecule has 0 heterocycles. The first-order valence-electron chi connectivity index (χ1n) is 5.31. The van der Waals surface area contributed by atoms with Gasteiger partial charge in [0.1, 0.15) is 0 Å². The van der Waals surface area contributed by atoms with Crippen molar-refractivity contribution in [1.82, 2.24) is 0 Å². The van der Waals surface area contributed by atoms with E-state index in [0.29, 0.717) is 5.92 Å². The molecule has 0 spiro atoms. The molecule has 0 aliphatic carbocycles. The Hall–Kier alpha value is -1.50. The molecule has 0 fully saturated rings. The number of aryl methyl sites for hydroxylation is 1. The Labute approximate surface area is 92.3 Å². The number of rotatable bonds is 3. The second-order valence-corrected chi connectivity index (χ2v) is 4.07. The van der Waals surface area contributed by atoms with Gasteiger partial charge in [-0.2, -0.15) is 0 Å². The van der Waals surface area contributed by atoms with Crippen LogP contribution in [0.1, 0.15) is 25.0 Å². The molecule has 80 valence electrons. The van der Waals surface area contributed by atoms with Crippen LogP contribution >= 0.6 is 0 Å². The molecule has 0 unspecified atom stereocenters. The third-order valence-electron chi connectivity index (χ3n) is 2.23. The van der Waals surface area contributed by atoms with Crippen molar-refractivity contribution in [2.24, 2.45) is 11.7 Å². The summed E-state index contributed by atoms with van der Waals surface area (Å²) in [6.07, 6.45) is 6.11. The summed E-state index contributed by atoms with van der Waals surface area (Å²) < 4.78 is 0. The average Bonchev–Trinajstić information content (AvgIpc) is 2.17. The molecule has 0 radical (unpaired) electrons. The molecule has 0 bridgehead atoms. The van der Waals surface area contributed by atoms with E-state index in [0.717, 1.165) is 11.3 Å². The zero-order chi connectivity index (χ0) is 11.3. The number of nitrogens with two attached hydrogens (primary N) is 1. The number of hydrogen-bond donors (Lipinski definition) is 1. The smallest absolute Gasteiger partial charge is 0.0390 e. The first-order valence-corrected chi connectivity index (χ1v) is 5.31. The first kappa shape index (κ1) is 11.6. The molecule has 1 aromatic rings. The van der Waals surface area contributed by atoms with Gasteiger partial charge in [-0.1, -0.05) is 50.3 Å². The maximum atomic E-state index is 5.99.